The Kier molecular flexibility index (Phi) is 4.80. The lowest BCUT2D eigenvalue weighted by Gasteiger charge is -2.15. The van der Waals surface area contributed by atoms with Crippen molar-refractivity contribution in [1.29, 1.82) is 0 Å². The van der Waals surface area contributed by atoms with Crippen LogP contribution in [0.4, 0.5) is 28.9 Å². The number of aromatic nitrogens is 4. The summed E-state index contributed by atoms with van der Waals surface area (Å²) in [6.45, 7) is 4.71. The van der Waals surface area contributed by atoms with Crippen molar-refractivity contribution in [3.63, 3.8) is 0 Å². The molecule has 158 valence electrons. The molecule has 1 aromatic carbocycles. The molecule has 0 amide bonds. The lowest BCUT2D eigenvalue weighted by Crippen LogP contribution is -2.16. The Morgan fingerprint density at radius 2 is 0.967 bits per heavy atom. The summed E-state index contributed by atoms with van der Waals surface area (Å²) in [6.07, 6.45) is 0. The first kappa shape index (κ1) is 20.9. The predicted molar refractivity (Wildman–Crippen MR) is 92.8 cm³/mol. The second-order valence-electron chi connectivity index (χ2n) is 6.33. The lowest BCUT2D eigenvalue weighted by atomic mass is 10.2. The number of aryl methyl sites for hydroxylation is 2. The maximum Gasteiger partial charge on any atom is 0.313 e. The van der Waals surface area contributed by atoms with Crippen molar-refractivity contribution in [3.05, 3.63) is 66.3 Å². The van der Waals surface area contributed by atoms with Gasteiger partial charge in [0.1, 0.15) is 34.2 Å². The summed E-state index contributed by atoms with van der Waals surface area (Å²) in [4.78, 5) is 20.9. The van der Waals surface area contributed by atoms with Gasteiger partial charge in [-0.05, 0) is 27.7 Å². The Morgan fingerprint density at radius 1 is 0.667 bits per heavy atom. The molecule has 0 aliphatic carbocycles. The molecule has 3 rings (SSSR count). The highest BCUT2D eigenvalue weighted by Gasteiger charge is 2.34. The maximum absolute atomic E-state index is 14.8. The Hall–Kier alpha value is -3.84. The second kappa shape index (κ2) is 6.89. The van der Waals surface area contributed by atoms with Crippen molar-refractivity contribution >= 4 is 11.4 Å². The number of benzene rings is 1. The van der Waals surface area contributed by atoms with Gasteiger partial charge in [0.15, 0.2) is 23.3 Å². The quantitative estimate of drug-likeness (QED) is 0.205. The molecule has 0 N–H and O–H groups in total. The van der Waals surface area contributed by atoms with Crippen molar-refractivity contribution < 1.29 is 27.4 Å². The van der Waals surface area contributed by atoms with Crippen molar-refractivity contribution in [2.24, 2.45) is 0 Å². The fourth-order valence-corrected chi connectivity index (χ4v) is 3.23. The number of hydrogen-bond acceptors (Lipinski definition) is 6. The van der Waals surface area contributed by atoms with Crippen LogP contribution in [0.15, 0.2) is 0 Å². The van der Waals surface area contributed by atoms with E-state index in [-0.39, 0.29) is 22.8 Å². The summed E-state index contributed by atoms with van der Waals surface area (Å²) in [5.41, 5.74) is -4.17. The van der Waals surface area contributed by atoms with Crippen LogP contribution in [-0.2, 0) is 0 Å². The molecule has 0 bridgehead atoms. The first-order valence-electron chi connectivity index (χ1n) is 8.18. The van der Waals surface area contributed by atoms with Crippen LogP contribution in [0.2, 0.25) is 0 Å². The van der Waals surface area contributed by atoms with Crippen molar-refractivity contribution in [3.8, 4) is 11.4 Å². The standard InChI is InChI=1S/C16H12F4N6O4/c1-5-13(25(27)28)7(3)23(21-5)15-11(19)9(17)10(18)12(20)16(15)24-8(4)14(26(29)30)6(2)22-24/h1-4H3. The number of halogens is 4. The molecule has 0 spiro atoms. The van der Waals surface area contributed by atoms with E-state index in [4.69, 9.17) is 0 Å². The first-order valence-corrected chi connectivity index (χ1v) is 8.18. The predicted octanol–water partition coefficient (Wildman–Crippen LogP) is 3.66. The van der Waals surface area contributed by atoms with Crippen LogP contribution in [0, 0.1) is 71.2 Å². The zero-order valence-electron chi connectivity index (χ0n) is 15.8. The third-order valence-electron chi connectivity index (χ3n) is 4.51. The summed E-state index contributed by atoms with van der Waals surface area (Å²) in [5, 5.41) is 30.0. The maximum atomic E-state index is 14.8. The summed E-state index contributed by atoms with van der Waals surface area (Å²) >= 11 is 0. The molecule has 2 aromatic heterocycles. The fraction of sp³-hybridized carbons (Fsp3) is 0.250. The van der Waals surface area contributed by atoms with Gasteiger partial charge in [0.2, 0.25) is 0 Å². The average molecular weight is 428 g/mol. The number of rotatable bonds is 4. The molecule has 14 heteroatoms. The fourth-order valence-electron chi connectivity index (χ4n) is 3.23. The average Bonchev–Trinajstić information content (AvgIpc) is 3.10. The van der Waals surface area contributed by atoms with Crippen LogP contribution in [-0.4, -0.2) is 29.4 Å². The minimum atomic E-state index is -2.18. The Balaban J connectivity index is 2.51. The molecule has 0 unspecified atom stereocenters. The van der Waals surface area contributed by atoms with Gasteiger partial charge in [0.05, 0.1) is 9.85 Å². The minimum Gasteiger partial charge on any atom is -0.258 e. The number of nitrogens with zero attached hydrogens (tertiary/aromatic N) is 6. The zero-order chi connectivity index (χ0) is 22.7. The molecule has 0 saturated heterocycles. The third kappa shape index (κ3) is 2.79. The van der Waals surface area contributed by atoms with Crippen molar-refractivity contribution in [1.82, 2.24) is 19.6 Å². The van der Waals surface area contributed by atoms with E-state index < -0.39 is 55.9 Å². The van der Waals surface area contributed by atoms with Crippen molar-refractivity contribution in [2.45, 2.75) is 27.7 Å². The molecular formula is C16H12F4N6O4. The van der Waals surface area contributed by atoms with E-state index in [2.05, 4.69) is 10.2 Å². The zero-order valence-corrected chi connectivity index (χ0v) is 15.8. The smallest absolute Gasteiger partial charge is 0.258 e. The van der Waals surface area contributed by atoms with E-state index in [0.717, 1.165) is 13.8 Å². The highest BCUT2D eigenvalue weighted by Crippen LogP contribution is 2.35. The second-order valence-corrected chi connectivity index (χ2v) is 6.33. The Labute approximate surface area is 164 Å². The third-order valence-corrected chi connectivity index (χ3v) is 4.51. The Bertz CT molecular complexity index is 1150. The number of hydrogen-bond donors (Lipinski definition) is 0. The monoisotopic (exact) mass is 428 g/mol. The molecule has 0 aliphatic heterocycles. The van der Waals surface area contributed by atoms with Gasteiger partial charge in [0.25, 0.3) is 0 Å². The minimum absolute atomic E-state index is 0.202. The van der Waals surface area contributed by atoms with E-state index in [1.54, 1.807) is 0 Å². The summed E-state index contributed by atoms with van der Waals surface area (Å²) < 4.78 is 58.8. The molecule has 3 aromatic rings. The highest BCUT2D eigenvalue weighted by molar-refractivity contribution is 5.59. The van der Waals surface area contributed by atoms with Crippen LogP contribution < -0.4 is 0 Å². The van der Waals surface area contributed by atoms with Crippen LogP contribution in [0.5, 0.6) is 0 Å². The van der Waals surface area contributed by atoms with E-state index in [1.165, 1.54) is 13.8 Å². The van der Waals surface area contributed by atoms with E-state index in [9.17, 15) is 37.8 Å². The molecular weight excluding hydrogens is 416 g/mol. The lowest BCUT2D eigenvalue weighted by molar-refractivity contribution is -0.386. The summed E-state index contributed by atoms with van der Waals surface area (Å²) in [7, 11) is 0. The summed E-state index contributed by atoms with van der Waals surface area (Å²) in [6, 6.07) is 0. The van der Waals surface area contributed by atoms with Gasteiger partial charge in [0, 0.05) is 0 Å². The molecule has 0 radical (unpaired) electrons. The van der Waals surface area contributed by atoms with Gasteiger partial charge >= 0.3 is 11.4 Å². The largest absolute Gasteiger partial charge is 0.313 e. The molecule has 0 fully saturated rings. The normalized spacial score (nSPS) is 11.2. The SMILES string of the molecule is Cc1nn(-c2c(F)c(F)c(F)c(F)c2-n2nc(C)c([N+](=O)[O-])c2C)c(C)c1[N+](=O)[O-]. The summed E-state index contributed by atoms with van der Waals surface area (Å²) in [5.74, 6) is -8.17. The van der Waals surface area contributed by atoms with Gasteiger partial charge in [-0.2, -0.15) is 10.2 Å². The van der Waals surface area contributed by atoms with E-state index in [1.807, 2.05) is 0 Å². The van der Waals surface area contributed by atoms with Gasteiger partial charge in [-0.3, -0.25) is 20.2 Å². The van der Waals surface area contributed by atoms with Crippen LogP contribution in [0.25, 0.3) is 11.4 Å². The van der Waals surface area contributed by atoms with E-state index in [0.29, 0.717) is 9.36 Å². The van der Waals surface area contributed by atoms with Crippen molar-refractivity contribution in [2.75, 3.05) is 0 Å². The van der Waals surface area contributed by atoms with E-state index >= 15 is 0 Å². The van der Waals surface area contributed by atoms with Crippen LogP contribution in [0.3, 0.4) is 0 Å². The number of nitro groups is 2. The van der Waals surface area contributed by atoms with Gasteiger partial charge in [-0.15, -0.1) is 0 Å². The molecule has 30 heavy (non-hydrogen) atoms. The van der Waals surface area contributed by atoms with Gasteiger partial charge in [-0.1, -0.05) is 0 Å². The first-order chi connectivity index (χ1) is 13.9. The molecule has 0 aliphatic rings. The topological polar surface area (TPSA) is 122 Å². The van der Waals surface area contributed by atoms with Crippen LogP contribution >= 0.6 is 0 Å². The van der Waals surface area contributed by atoms with Crippen LogP contribution in [0.1, 0.15) is 22.8 Å². The molecule has 2 heterocycles. The van der Waals surface area contributed by atoms with Gasteiger partial charge < -0.3 is 0 Å². The Morgan fingerprint density at radius 3 is 1.20 bits per heavy atom. The molecule has 0 atom stereocenters. The molecule has 10 nitrogen and oxygen atoms in total. The van der Waals surface area contributed by atoms with Gasteiger partial charge in [-0.25, -0.2) is 26.9 Å². The highest BCUT2D eigenvalue weighted by atomic mass is 19.2. The molecule has 0 saturated carbocycles.